The number of Topliss-reactive ketones (excluding diaryl/α,β-unsaturated/α-hetero) is 1. The van der Waals surface area contributed by atoms with Crippen molar-refractivity contribution in [1.29, 1.82) is 0 Å². The van der Waals surface area contributed by atoms with Crippen LogP contribution in [0.3, 0.4) is 0 Å². The summed E-state index contributed by atoms with van der Waals surface area (Å²) < 4.78 is 0. The maximum Gasteiger partial charge on any atom is 0.248 e. The van der Waals surface area contributed by atoms with Gasteiger partial charge in [0.15, 0.2) is 11.5 Å². The Bertz CT molecular complexity index is 543. The van der Waals surface area contributed by atoms with Crippen LogP contribution < -0.4 is 0 Å². The van der Waals surface area contributed by atoms with Crippen LogP contribution in [0.25, 0.3) is 0 Å². The summed E-state index contributed by atoms with van der Waals surface area (Å²) in [5, 5.41) is 11.6. The van der Waals surface area contributed by atoms with Crippen molar-refractivity contribution >= 4 is 19.8 Å². The third-order valence-corrected chi connectivity index (χ3v) is 6.45. The molecular weight excluding hydrogens is 258 g/mol. The number of allylic oxidation sites excluding steroid dienone is 1. The van der Waals surface area contributed by atoms with Gasteiger partial charge in [0.05, 0.1) is 8.07 Å². The van der Waals surface area contributed by atoms with Gasteiger partial charge in [-0.05, 0) is 11.3 Å². The zero-order valence-electron chi connectivity index (χ0n) is 11.6. The minimum absolute atomic E-state index is 0.123. The van der Waals surface area contributed by atoms with Crippen LogP contribution in [0.15, 0.2) is 22.9 Å². The molecule has 2 aliphatic heterocycles. The van der Waals surface area contributed by atoms with Gasteiger partial charge in [-0.25, -0.2) is 0 Å². The molecule has 0 bridgehead atoms. The van der Waals surface area contributed by atoms with E-state index in [0.717, 1.165) is 10.8 Å². The van der Waals surface area contributed by atoms with Crippen molar-refractivity contribution in [1.82, 2.24) is 4.90 Å². The average Bonchev–Trinajstić information content (AvgIpc) is 2.72. The second kappa shape index (κ2) is 3.67. The fraction of sp³-hybridized carbons (Fsp3) is 0.571. The van der Waals surface area contributed by atoms with Gasteiger partial charge in [-0.2, -0.15) is 0 Å². The van der Waals surface area contributed by atoms with E-state index in [1.807, 2.05) is 0 Å². The van der Waals surface area contributed by atoms with Crippen LogP contribution in [-0.2, 0) is 9.59 Å². The average molecular weight is 277 g/mol. The molecule has 5 heteroatoms. The molecule has 19 heavy (non-hydrogen) atoms. The van der Waals surface area contributed by atoms with Gasteiger partial charge in [-0.1, -0.05) is 25.2 Å². The van der Waals surface area contributed by atoms with E-state index in [2.05, 4.69) is 19.6 Å². The van der Waals surface area contributed by atoms with Gasteiger partial charge in [0.1, 0.15) is 0 Å². The normalized spacial score (nSPS) is 34.1. The first-order chi connectivity index (χ1) is 8.72. The maximum atomic E-state index is 12.3. The van der Waals surface area contributed by atoms with E-state index >= 15 is 0 Å². The summed E-state index contributed by atoms with van der Waals surface area (Å²) in [4.78, 5) is 25.5. The molecule has 0 saturated carbocycles. The van der Waals surface area contributed by atoms with Crippen LogP contribution in [-0.4, -0.2) is 42.0 Å². The largest absolute Gasteiger partial charge is 0.367 e. The van der Waals surface area contributed by atoms with Crippen LogP contribution in [0, 0.1) is 5.92 Å². The third-order valence-electron chi connectivity index (χ3n) is 4.35. The van der Waals surface area contributed by atoms with Gasteiger partial charge >= 0.3 is 0 Å². The molecule has 3 rings (SSSR count). The van der Waals surface area contributed by atoms with E-state index in [1.54, 1.807) is 6.08 Å². The lowest BCUT2D eigenvalue weighted by Gasteiger charge is -2.41. The molecular formula is C14H19NO3Si. The molecule has 4 nitrogen and oxygen atoms in total. The van der Waals surface area contributed by atoms with Gasteiger partial charge < -0.3 is 10.0 Å². The number of fused-ring (bicyclic) bond motifs is 2. The molecule has 0 spiro atoms. The Hall–Kier alpha value is -1.20. The number of hydrogen-bond donors (Lipinski definition) is 1. The number of rotatable bonds is 1. The van der Waals surface area contributed by atoms with E-state index in [9.17, 15) is 14.7 Å². The number of piperidine rings is 1. The van der Waals surface area contributed by atoms with Crippen LogP contribution >= 0.6 is 0 Å². The SMILES string of the molecule is C[Si](C)(C)C1=C2CC3(O)C=CC(=O)N3CC2CC1=O. The number of amides is 1. The van der Waals surface area contributed by atoms with Crippen molar-refractivity contribution in [3.63, 3.8) is 0 Å². The van der Waals surface area contributed by atoms with Gasteiger partial charge in [-0.15, -0.1) is 0 Å². The molecule has 1 saturated heterocycles. The van der Waals surface area contributed by atoms with Gasteiger partial charge in [0, 0.05) is 31.4 Å². The first-order valence-corrected chi connectivity index (χ1v) is 10.2. The molecule has 0 aromatic carbocycles. The lowest BCUT2D eigenvalue weighted by Crippen LogP contribution is -2.52. The summed E-state index contributed by atoms with van der Waals surface area (Å²) in [6, 6.07) is 0. The smallest absolute Gasteiger partial charge is 0.248 e. The highest BCUT2D eigenvalue weighted by molar-refractivity contribution is 6.87. The molecule has 3 aliphatic rings. The van der Waals surface area contributed by atoms with Crippen molar-refractivity contribution < 1.29 is 14.7 Å². The van der Waals surface area contributed by atoms with Gasteiger partial charge in [0.2, 0.25) is 5.91 Å². The van der Waals surface area contributed by atoms with E-state index in [4.69, 9.17) is 0 Å². The molecule has 0 aromatic heterocycles. The van der Waals surface area contributed by atoms with Crippen LogP contribution in [0.2, 0.25) is 19.6 Å². The quantitative estimate of drug-likeness (QED) is 0.734. The summed E-state index contributed by atoms with van der Waals surface area (Å²) >= 11 is 0. The summed E-state index contributed by atoms with van der Waals surface area (Å²) in [6.45, 7) is 6.97. The summed E-state index contributed by atoms with van der Waals surface area (Å²) in [6.07, 6.45) is 3.93. The minimum atomic E-state index is -1.70. The highest BCUT2D eigenvalue weighted by Crippen LogP contribution is 2.45. The van der Waals surface area contributed by atoms with Crippen molar-refractivity contribution in [2.24, 2.45) is 5.92 Å². The standard InChI is InChI=1S/C14H19NO3Si/c1-19(2,3)13-10-7-14(18)5-4-12(17)15(14)8-9(10)6-11(13)16/h4-5,9,18H,6-8H2,1-3H3. The van der Waals surface area contributed by atoms with Crippen LogP contribution in [0.4, 0.5) is 0 Å². The Kier molecular flexibility index (Phi) is 2.47. The summed E-state index contributed by atoms with van der Waals surface area (Å²) in [5.41, 5.74) is -0.0828. The van der Waals surface area contributed by atoms with Crippen molar-refractivity contribution in [2.75, 3.05) is 6.54 Å². The number of carbonyl (C=O) groups excluding carboxylic acids is 2. The minimum Gasteiger partial charge on any atom is -0.367 e. The fourth-order valence-corrected chi connectivity index (χ4v) is 5.81. The molecule has 2 atom stereocenters. The van der Waals surface area contributed by atoms with E-state index < -0.39 is 13.8 Å². The molecule has 0 radical (unpaired) electrons. The molecule has 2 heterocycles. The van der Waals surface area contributed by atoms with Crippen LogP contribution in [0.1, 0.15) is 12.8 Å². The van der Waals surface area contributed by atoms with Crippen molar-refractivity contribution in [3.05, 3.63) is 22.9 Å². The van der Waals surface area contributed by atoms with E-state index in [0.29, 0.717) is 19.4 Å². The number of nitrogens with zero attached hydrogens (tertiary/aromatic N) is 1. The summed E-state index contributed by atoms with van der Waals surface area (Å²) in [7, 11) is -1.70. The second-order valence-corrected chi connectivity index (χ2v) is 11.8. The number of hydrogen-bond acceptors (Lipinski definition) is 3. The second-order valence-electron chi connectivity index (χ2n) is 6.81. The van der Waals surface area contributed by atoms with E-state index in [-0.39, 0.29) is 17.6 Å². The molecule has 1 fully saturated rings. The molecule has 1 amide bonds. The first-order valence-electron chi connectivity index (χ1n) is 6.72. The highest BCUT2D eigenvalue weighted by Gasteiger charge is 2.51. The predicted octanol–water partition coefficient (Wildman–Crippen LogP) is 1.24. The molecule has 1 aliphatic carbocycles. The predicted molar refractivity (Wildman–Crippen MR) is 73.9 cm³/mol. The molecule has 0 aromatic rings. The van der Waals surface area contributed by atoms with Gasteiger partial charge in [-0.3, -0.25) is 9.59 Å². The molecule has 2 unspecified atom stereocenters. The summed E-state index contributed by atoms with van der Waals surface area (Å²) in [5.74, 6) is 0.217. The monoisotopic (exact) mass is 277 g/mol. The van der Waals surface area contributed by atoms with E-state index in [1.165, 1.54) is 11.0 Å². The Morgan fingerprint density at radius 1 is 1.37 bits per heavy atom. The Morgan fingerprint density at radius 3 is 2.68 bits per heavy atom. The zero-order valence-corrected chi connectivity index (χ0v) is 12.6. The maximum absolute atomic E-state index is 12.3. The Balaban J connectivity index is 2.05. The number of carbonyl (C=O) groups is 2. The van der Waals surface area contributed by atoms with Crippen molar-refractivity contribution in [2.45, 2.75) is 38.2 Å². The number of aliphatic hydroxyl groups is 1. The number of ketones is 1. The fourth-order valence-electron chi connectivity index (χ4n) is 3.62. The third kappa shape index (κ3) is 1.75. The Morgan fingerprint density at radius 2 is 2.05 bits per heavy atom. The zero-order chi connectivity index (χ0) is 14.0. The highest BCUT2D eigenvalue weighted by atomic mass is 28.3. The Labute approximate surface area is 113 Å². The van der Waals surface area contributed by atoms with Crippen molar-refractivity contribution in [3.8, 4) is 0 Å². The lowest BCUT2D eigenvalue weighted by atomic mass is 9.88. The van der Waals surface area contributed by atoms with Gasteiger partial charge in [0.25, 0.3) is 0 Å². The molecule has 1 N–H and O–H groups in total. The van der Waals surface area contributed by atoms with Crippen LogP contribution in [0.5, 0.6) is 0 Å². The lowest BCUT2D eigenvalue weighted by molar-refractivity contribution is -0.145. The first kappa shape index (κ1) is 12.8. The topological polar surface area (TPSA) is 57.6 Å². The molecule has 102 valence electrons.